The number of carbonyl (C=O) groups is 2. The molecule has 2 aliphatic heterocycles. The summed E-state index contributed by atoms with van der Waals surface area (Å²) in [6, 6.07) is 11.0. The number of amides is 2. The number of aromatic nitrogens is 5. The number of piperidine rings is 1. The van der Waals surface area contributed by atoms with Crippen LogP contribution in [0.5, 0.6) is 5.75 Å². The van der Waals surface area contributed by atoms with E-state index in [4.69, 9.17) is 14.2 Å². The lowest BCUT2D eigenvalue weighted by Gasteiger charge is -2.48. The molecule has 13 nitrogen and oxygen atoms in total. The van der Waals surface area contributed by atoms with E-state index in [2.05, 4.69) is 30.9 Å². The molecule has 45 heavy (non-hydrogen) atoms. The molecule has 4 aromatic rings. The molecule has 6 heterocycles. The van der Waals surface area contributed by atoms with Crippen LogP contribution in [0, 0.1) is 6.92 Å². The van der Waals surface area contributed by atoms with Crippen LogP contribution in [-0.2, 0) is 9.47 Å². The molecule has 0 saturated carbocycles. The van der Waals surface area contributed by atoms with E-state index in [-0.39, 0.29) is 35.9 Å². The van der Waals surface area contributed by atoms with Gasteiger partial charge in [-0.2, -0.15) is 5.10 Å². The summed E-state index contributed by atoms with van der Waals surface area (Å²) in [7, 11) is 0. The Bertz CT molecular complexity index is 1690. The van der Waals surface area contributed by atoms with E-state index in [1.165, 1.54) is 0 Å². The third kappa shape index (κ3) is 6.83. The van der Waals surface area contributed by atoms with Crippen molar-refractivity contribution >= 4 is 29.2 Å². The Morgan fingerprint density at radius 1 is 1.04 bits per heavy atom. The minimum atomic E-state index is -0.567. The van der Waals surface area contributed by atoms with Gasteiger partial charge < -0.3 is 24.8 Å². The molecular weight excluding hydrogens is 576 g/mol. The quantitative estimate of drug-likeness (QED) is 0.304. The number of nitrogens with zero attached hydrogens (tertiary/aromatic N) is 6. The Morgan fingerprint density at radius 2 is 1.82 bits per heavy atom. The van der Waals surface area contributed by atoms with Crippen molar-refractivity contribution in [1.82, 2.24) is 35.0 Å². The molecule has 2 bridgehead atoms. The normalized spacial score (nSPS) is 19.7. The average molecular weight is 615 g/mol. The summed E-state index contributed by atoms with van der Waals surface area (Å²) in [6.45, 7) is 10.8. The third-order valence-electron chi connectivity index (χ3n) is 7.64. The van der Waals surface area contributed by atoms with Crippen LogP contribution < -0.4 is 15.4 Å². The zero-order valence-corrected chi connectivity index (χ0v) is 26.1. The first-order chi connectivity index (χ1) is 21.6. The molecule has 2 N–H and O–H groups in total. The minimum absolute atomic E-state index is 0.110. The lowest BCUT2D eigenvalue weighted by molar-refractivity contribution is -0.0993. The van der Waals surface area contributed by atoms with Gasteiger partial charge in [0.25, 0.3) is 5.91 Å². The molecule has 0 spiro atoms. The highest BCUT2D eigenvalue weighted by atomic mass is 16.6. The first-order valence-corrected chi connectivity index (χ1v) is 15.2. The van der Waals surface area contributed by atoms with Gasteiger partial charge >= 0.3 is 6.09 Å². The molecule has 6 rings (SSSR count). The maximum atomic E-state index is 13.0. The number of fused-ring (bicyclic) bond motifs is 3. The summed E-state index contributed by atoms with van der Waals surface area (Å²) >= 11 is 0. The van der Waals surface area contributed by atoms with E-state index >= 15 is 0 Å². The Morgan fingerprint density at radius 3 is 2.51 bits per heavy atom. The van der Waals surface area contributed by atoms with Crippen molar-refractivity contribution in [3.05, 3.63) is 60.2 Å². The van der Waals surface area contributed by atoms with Crippen molar-refractivity contribution < 1.29 is 23.8 Å². The van der Waals surface area contributed by atoms with Gasteiger partial charge in [-0.15, -0.1) is 10.2 Å². The molecular formula is C32H38N8O5. The van der Waals surface area contributed by atoms with Crippen LogP contribution in [0.3, 0.4) is 0 Å². The SMILES string of the molecule is CCNC(=O)c1ccc(Nc2cc3cc(-c4cc(C)ncc4OC4C[C@H]5COC[C@@H](C4)N5C(=O)OC(C)(C)C)ccn3n2)nn1. The number of nitrogens with one attached hydrogen (secondary N) is 2. The molecule has 3 atom stereocenters. The van der Waals surface area contributed by atoms with Crippen molar-refractivity contribution in [2.45, 2.75) is 71.2 Å². The second-order valence-corrected chi connectivity index (χ2v) is 12.4. The number of hydrogen-bond donors (Lipinski definition) is 2. The summed E-state index contributed by atoms with van der Waals surface area (Å²) in [5.74, 6) is 1.47. The second kappa shape index (κ2) is 12.3. The number of aryl methyl sites for hydroxylation is 1. The zero-order chi connectivity index (χ0) is 31.7. The van der Waals surface area contributed by atoms with Crippen molar-refractivity contribution in [2.24, 2.45) is 0 Å². The van der Waals surface area contributed by atoms with Crippen LogP contribution in [0.2, 0.25) is 0 Å². The minimum Gasteiger partial charge on any atom is -0.488 e. The Balaban J connectivity index is 1.19. The Kier molecular flexibility index (Phi) is 8.28. The zero-order valence-electron chi connectivity index (χ0n) is 26.1. The fourth-order valence-corrected chi connectivity index (χ4v) is 5.75. The molecule has 236 valence electrons. The van der Waals surface area contributed by atoms with Crippen LogP contribution in [0.25, 0.3) is 16.6 Å². The van der Waals surface area contributed by atoms with E-state index < -0.39 is 5.60 Å². The van der Waals surface area contributed by atoms with Crippen molar-refractivity contribution in [3.63, 3.8) is 0 Å². The molecule has 4 aromatic heterocycles. The number of rotatable bonds is 7. The van der Waals surface area contributed by atoms with Crippen molar-refractivity contribution in [3.8, 4) is 16.9 Å². The largest absolute Gasteiger partial charge is 0.488 e. The summed E-state index contributed by atoms with van der Waals surface area (Å²) in [5, 5.41) is 18.6. The van der Waals surface area contributed by atoms with Gasteiger partial charge in [-0.05, 0) is 70.5 Å². The van der Waals surface area contributed by atoms with Gasteiger partial charge in [0.2, 0.25) is 0 Å². The highest BCUT2D eigenvalue weighted by molar-refractivity contribution is 5.92. The summed E-state index contributed by atoms with van der Waals surface area (Å²) in [4.78, 5) is 31.3. The molecule has 2 fully saturated rings. The molecule has 1 unspecified atom stereocenters. The Hall–Kier alpha value is -4.78. The third-order valence-corrected chi connectivity index (χ3v) is 7.64. The number of carbonyl (C=O) groups excluding carboxylic acids is 2. The number of hydrogen-bond acceptors (Lipinski definition) is 10. The van der Waals surface area contributed by atoms with E-state index in [1.807, 2.05) is 70.0 Å². The molecule has 2 amide bonds. The lowest BCUT2D eigenvalue weighted by Crippen LogP contribution is -2.61. The van der Waals surface area contributed by atoms with Gasteiger partial charge in [0.1, 0.15) is 17.5 Å². The highest BCUT2D eigenvalue weighted by Gasteiger charge is 2.44. The number of pyridine rings is 2. The monoisotopic (exact) mass is 614 g/mol. The average Bonchev–Trinajstić information content (AvgIpc) is 3.38. The van der Waals surface area contributed by atoms with Gasteiger partial charge in [0.05, 0.1) is 37.0 Å². The second-order valence-electron chi connectivity index (χ2n) is 12.4. The maximum absolute atomic E-state index is 13.0. The molecule has 0 aliphatic carbocycles. The van der Waals surface area contributed by atoms with E-state index in [1.54, 1.807) is 22.8 Å². The number of anilines is 2. The standard InChI is InChI=1S/C32H38N8O5/c1-6-33-30(41)26-7-8-28(37-36-26)35-29-15-21-12-20(9-10-39(21)38-29)25-11-19(2)34-16-27(25)44-24-13-22-17-43-18-23(14-24)40(22)31(42)45-32(3,4)5/h7-12,15-16,22-24H,6,13-14,17-18H2,1-5H3,(H,33,41)(H,35,37,38)/t22-,23+,24?. The smallest absolute Gasteiger partial charge is 0.410 e. The predicted molar refractivity (Wildman–Crippen MR) is 167 cm³/mol. The van der Waals surface area contributed by atoms with Crippen molar-refractivity contribution in [2.75, 3.05) is 25.1 Å². The molecule has 13 heteroatoms. The van der Waals surface area contributed by atoms with Crippen LogP contribution >= 0.6 is 0 Å². The van der Waals surface area contributed by atoms with Crippen LogP contribution in [0.1, 0.15) is 56.7 Å². The number of morpholine rings is 1. The topological polar surface area (TPSA) is 145 Å². The van der Waals surface area contributed by atoms with Crippen LogP contribution in [0.15, 0.2) is 48.8 Å². The lowest BCUT2D eigenvalue weighted by atomic mass is 9.92. The highest BCUT2D eigenvalue weighted by Crippen LogP contribution is 2.36. The van der Waals surface area contributed by atoms with Gasteiger partial charge in [-0.3, -0.25) is 14.7 Å². The molecule has 0 radical (unpaired) electrons. The predicted octanol–water partition coefficient (Wildman–Crippen LogP) is 4.53. The Labute approximate surface area is 261 Å². The fourth-order valence-electron chi connectivity index (χ4n) is 5.75. The maximum Gasteiger partial charge on any atom is 0.410 e. The number of ether oxygens (including phenoxy) is 3. The van der Waals surface area contributed by atoms with Gasteiger partial charge in [0, 0.05) is 42.9 Å². The molecule has 0 aromatic carbocycles. The fraction of sp³-hybridized carbons (Fsp3) is 0.438. The van der Waals surface area contributed by atoms with Gasteiger partial charge in [0.15, 0.2) is 17.3 Å². The van der Waals surface area contributed by atoms with Crippen LogP contribution in [-0.4, -0.2) is 85.2 Å². The van der Waals surface area contributed by atoms with Gasteiger partial charge in [-0.1, -0.05) is 0 Å². The van der Waals surface area contributed by atoms with Gasteiger partial charge in [-0.25, -0.2) is 9.31 Å². The summed E-state index contributed by atoms with van der Waals surface area (Å²) in [5.41, 5.74) is 3.28. The van der Waals surface area contributed by atoms with Crippen LogP contribution in [0.4, 0.5) is 16.4 Å². The first kappa shape index (κ1) is 30.3. The van der Waals surface area contributed by atoms with E-state index in [0.717, 1.165) is 22.3 Å². The van der Waals surface area contributed by atoms with Crippen molar-refractivity contribution in [1.29, 1.82) is 0 Å². The van der Waals surface area contributed by atoms with E-state index in [0.29, 0.717) is 50.0 Å². The molecule has 2 aliphatic rings. The molecule has 2 saturated heterocycles. The summed E-state index contributed by atoms with van der Waals surface area (Å²) in [6.07, 6.45) is 4.51. The first-order valence-electron chi connectivity index (χ1n) is 15.2. The summed E-state index contributed by atoms with van der Waals surface area (Å²) < 4.78 is 19.9. The van der Waals surface area contributed by atoms with E-state index in [9.17, 15) is 9.59 Å².